The highest BCUT2D eigenvalue weighted by atomic mass is 32.2. The molecule has 2 heterocycles. The van der Waals surface area contributed by atoms with E-state index in [-0.39, 0.29) is 11.9 Å². The molecule has 2 aliphatic rings. The highest BCUT2D eigenvalue weighted by molar-refractivity contribution is 7.99. The van der Waals surface area contributed by atoms with E-state index >= 15 is 0 Å². The van der Waals surface area contributed by atoms with E-state index in [0.29, 0.717) is 0 Å². The Morgan fingerprint density at radius 3 is 3.00 bits per heavy atom. The maximum Gasteiger partial charge on any atom is 0.255 e. The van der Waals surface area contributed by atoms with E-state index in [1.807, 2.05) is 0 Å². The number of carbonyl (C=O) groups is 1. The van der Waals surface area contributed by atoms with Crippen LogP contribution in [0.15, 0.2) is 4.99 Å². The molecule has 0 aromatic carbocycles. The molecule has 4 nitrogen and oxygen atoms in total. The molecule has 66 valence electrons. The number of rotatable bonds is 0. The van der Waals surface area contributed by atoms with Gasteiger partial charge in [-0.3, -0.25) is 10.1 Å². The van der Waals surface area contributed by atoms with Gasteiger partial charge in [0.15, 0.2) is 11.5 Å². The minimum Gasteiger partial charge on any atom is -0.370 e. The van der Waals surface area contributed by atoms with Crippen molar-refractivity contribution in [1.29, 1.82) is 0 Å². The van der Waals surface area contributed by atoms with Gasteiger partial charge in [-0.25, -0.2) is 4.99 Å². The number of nitrogens with zero attached hydrogens (tertiary/aromatic N) is 1. The average molecular weight is 185 g/mol. The zero-order chi connectivity index (χ0) is 8.60. The molecule has 12 heavy (non-hydrogen) atoms. The van der Waals surface area contributed by atoms with Crippen molar-refractivity contribution >= 4 is 23.6 Å². The van der Waals surface area contributed by atoms with Crippen molar-refractivity contribution in [3.8, 4) is 0 Å². The molecule has 0 saturated carbocycles. The Balaban J connectivity index is 2.23. The second kappa shape index (κ2) is 2.65. The van der Waals surface area contributed by atoms with Crippen molar-refractivity contribution in [1.82, 2.24) is 5.32 Å². The lowest BCUT2D eigenvalue weighted by Crippen LogP contribution is -2.44. The van der Waals surface area contributed by atoms with Crippen LogP contribution >= 0.6 is 11.8 Å². The Morgan fingerprint density at radius 2 is 2.50 bits per heavy atom. The summed E-state index contributed by atoms with van der Waals surface area (Å²) in [6, 6.07) is 0. The van der Waals surface area contributed by atoms with Gasteiger partial charge in [0.05, 0.1) is 0 Å². The topological polar surface area (TPSA) is 67.5 Å². The zero-order valence-corrected chi connectivity index (χ0v) is 7.49. The number of hydrogen-bond acceptors (Lipinski definition) is 4. The van der Waals surface area contributed by atoms with E-state index in [4.69, 9.17) is 5.73 Å². The number of thioether (sulfide) groups is 1. The summed E-state index contributed by atoms with van der Waals surface area (Å²) in [5.74, 6) is 2.17. The lowest BCUT2D eigenvalue weighted by molar-refractivity contribution is -0.123. The van der Waals surface area contributed by atoms with Crippen molar-refractivity contribution in [3.05, 3.63) is 0 Å². The summed E-state index contributed by atoms with van der Waals surface area (Å²) in [4.78, 5) is 15.6. The first kappa shape index (κ1) is 7.91. The van der Waals surface area contributed by atoms with E-state index in [0.717, 1.165) is 24.3 Å². The van der Waals surface area contributed by atoms with Crippen LogP contribution in [0, 0.1) is 0 Å². The third-order valence-electron chi connectivity index (χ3n) is 2.22. The van der Waals surface area contributed by atoms with E-state index in [1.54, 1.807) is 11.8 Å². The van der Waals surface area contributed by atoms with Crippen molar-refractivity contribution in [2.24, 2.45) is 10.7 Å². The fourth-order valence-corrected chi connectivity index (χ4v) is 2.76. The van der Waals surface area contributed by atoms with Crippen LogP contribution in [0.2, 0.25) is 0 Å². The molecule has 2 aliphatic heterocycles. The first-order valence-electron chi connectivity index (χ1n) is 3.97. The summed E-state index contributed by atoms with van der Waals surface area (Å²) in [7, 11) is 0. The fraction of sp³-hybridized carbons (Fsp3) is 0.714. The lowest BCUT2D eigenvalue weighted by atomic mass is 9.96. The van der Waals surface area contributed by atoms with E-state index in [2.05, 4.69) is 10.3 Å². The predicted molar refractivity (Wildman–Crippen MR) is 49.1 cm³/mol. The molecule has 5 heteroatoms. The van der Waals surface area contributed by atoms with E-state index in [1.165, 1.54) is 0 Å². The maximum atomic E-state index is 11.4. The number of carbonyl (C=O) groups excluding carboxylic acids is 1. The molecule has 1 fully saturated rings. The summed E-state index contributed by atoms with van der Waals surface area (Å²) in [6.07, 6.45) is 1.89. The molecular weight excluding hydrogens is 174 g/mol. The molecule has 0 aliphatic carbocycles. The number of hydrogen-bond donors (Lipinski definition) is 2. The summed E-state index contributed by atoms with van der Waals surface area (Å²) in [6.45, 7) is 0. The van der Waals surface area contributed by atoms with Crippen LogP contribution in [-0.2, 0) is 4.79 Å². The Labute approximate surface area is 75.0 Å². The molecule has 0 bridgehead atoms. The van der Waals surface area contributed by atoms with E-state index in [9.17, 15) is 4.79 Å². The van der Waals surface area contributed by atoms with Crippen molar-refractivity contribution < 1.29 is 4.79 Å². The summed E-state index contributed by atoms with van der Waals surface area (Å²) in [5, 5.41) is 2.55. The molecule has 2 rings (SSSR count). The number of amides is 1. The van der Waals surface area contributed by atoms with Crippen LogP contribution in [0.4, 0.5) is 0 Å². The molecule has 0 aromatic heterocycles. The normalized spacial score (nSPS) is 35.0. The molecule has 0 radical (unpaired) electrons. The minimum atomic E-state index is -0.521. The Hall–Kier alpha value is -0.710. The molecule has 1 amide bonds. The maximum absolute atomic E-state index is 11.4. The second-order valence-electron chi connectivity index (χ2n) is 3.14. The fourth-order valence-electron chi connectivity index (χ4n) is 1.59. The summed E-state index contributed by atoms with van der Waals surface area (Å²) < 4.78 is 0. The van der Waals surface area contributed by atoms with Gasteiger partial charge in [0.1, 0.15) is 0 Å². The number of guanidine groups is 1. The molecule has 3 N–H and O–H groups in total. The predicted octanol–water partition coefficient (Wildman–Crippen LogP) is -0.303. The van der Waals surface area contributed by atoms with Gasteiger partial charge in [-0.1, -0.05) is 0 Å². The molecule has 1 spiro atoms. The first-order valence-corrected chi connectivity index (χ1v) is 5.13. The van der Waals surface area contributed by atoms with Crippen LogP contribution < -0.4 is 11.1 Å². The molecule has 0 aromatic rings. The summed E-state index contributed by atoms with van der Waals surface area (Å²) in [5.41, 5.74) is 4.92. The van der Waals surface area contributed by atoms with Crippen molar-refractivity contribution in [2.45, 2.75) is 18.4 Å². The molecule has 1 saturated heterocycles. The van der Waals surface area contributed by atoms with Crippen LogP contribution in [0.3, 0.4) is 0 Å². The van der Waals surface area contributed by atoms with Gasteiger partial charge in [0, 0.05) is 5.75 Å². The quantitative estimate of drug-likeness (QED) is 0.544. The second-order valence-corrected chi connectivity index (χ2v) is 4.24. The van der Waals surface area contributed by atoms with Crippen LogP contribution in [-0.4, -0.2) is 28.9 Å². The van der Waals surface area contributed by atoms with Gasteiger partial charge in [-0.05, 0) is 18.6 Å². The largest absolute Gasteiger partial charge is 0.370 e. The van der Waals surface area contributed by atoms with E-state index < -0.39 is 5.54 Å². The Kier molecular flexibility index (Phi) is 1.75. The third kappa shape index (κ3) is 1.08. The van der Waals surface area contributed by atoms with Crippen LogP contribution in [0.25, 0.3) is 0 Å². The Bertz CT molecular complexity index is 245. The smallest absolute Gasteiger partial charge is 0.255 e. The zero-order valence-electron chi connectivity index (χ0n) is 6.67. The number of nitrogens with one attached hydrogen (secondary N) is 1. The van der Waals surface area contributed by atoms with Crippen LogP contribution in [0.5, 0.6) is 0 Å². The Morgan fingerprint density at radius 1 is 1.67 bits per heavy atom. The number of nitrogens with two attached hydrogens (primary N) is 1. The SMILES string of the molecule is NC1=NC2(CCCSC2)C(=O)N1. The van der Waals surface area contributed by atoms with Gasteiger partial charge < -0.3 is 5.73 Å². The molecule has 1 atom stereocenters. The standard InChI is InChI=1S/C7H11N3OS/c8-6-9-5(11)7(10-6)2-1-3-12-4-7/h1-4H2,(H3,8,9,10,11). The monoisotopic (exact) mass is 185 g/mol. The highest BCUT2D eigenvalue weighted by Gasteiger charge is 2.43. The highest BCUT2D eigenvalue weighted by Crippen LogP contribution is 2.32. The van der Waals surface area contributed by atoms with Gasteiger partial charge in [0.25, 0.3) is 5.91 Å². The van der Waals surface area contributed by atoms with Gasteiger partial charge in [0.2, 0.25) is 0 Å². The number of aliphatic imine (C=N–C) groups is 1. The molecule has 1 unspecified atom stereocenters. The summed E-state index contributed by atoms with van der Waals surface area (Å²) >= 11 is 1.77. The van der Waals surface area contributed by atoms with Crippen LogP contribution in [0.1, 0.15) is 12.8 Å². The van der Waals surface area contributed by atoms with Crippen molar-refractivity contribution in [2.75, 3.05) is 11.5 Å². The average Bonchev–Trinajstić information content (AvgIpc) is 2.29. The first-order chi connectivity index (χ1) is 5.73. The molecular formula is C7H11N3OS. The minimum absolute atomic E-state index is 0.0211. The van der Waals surface area contributed by atoms with Crippen molar-refractivity contribution in [3.63, 3.8) is 0 Å². The third-order valence-corrected chi connectivity index (χ3v) is 3.48. The lowest BCUT2D eigenvalue weighted by Gasteiger charge is -2.26. The van der Waals surface area contributed by atoms with Gasteiger partial charge in [-0.2, -0.15) is 11.8 Å². The van der Waals surface area contributed by atoms with Gasteiger partial charge in [-0.15, -0.1) is 0 Å². The van der Waals surface area contributed by atoms with Gasteiger partial charge >= 0.3 is 0 Å².